The fourth-order valence-corrected chi connectivity index (χ4v) is 2.93. The average molecular weight is 425 g/mol. The van der Waals surface area contributed by atoms with E-state index >= 15 is 0 Å². The van der Waals surface area contributed by atoms with Gasteiger partial charge in [-0.25, -0.2) is 0 Å². The summed E-state index contributed by atoms with van der Waals surface area (Å²) in [7, 11) is 2.85. The number of carbonyl (C=O) groups is 1. The van der Waals surface area contributed by atoms with Crippen molar-refractivity contribution in [2.75, 3.05) is 20.8 Å². The van der Waals surface area contributed by atoms with E-state index in [-0.39, 0.29) is 30.3 Å². The molecule has 0 unspecified atom stereocenters. The zero-order valence-electron chi connectivity index (χ0n) is 15.2. The van der Waals surface area contributed by atoms with Gasteiger partial charge in [0.15, 0.2) is 11.5 Å². The molecule has 0 heterocycles. The highest BCUT2D eigenvalue weighted by Crippen LogP contribution is 2.34. The molecule has 0 saturated heterocycles. The van der Waals surface area contributed by atoms with E-state index in [1.807, 2.05) is 0 Å². The maximum absolute atomic E-state index is 12.0. The van der Waals surface area contributed by atoms with Crippen LogP contribution in [0.5, 0.6) is 11.5 Å². The Balaban J connectivity index is 2.03. The van der Waals surface area contributed by atoms with E-state index < -0.39 is 4.92 Å². The Morgan fingerprint density at radius 2 is 1.86 bits per heavy atom. The van der Waals surface area contributed by atoms with Gasteiger partial charge in [-0.05, 0) is 36.3 Å². The van der Waals surface area contributed by atoms with Crippen LogP contribution < -0.4 is 14.8 Å². The molecule has 148 valence electrons. The topological polar surface area (TPSA) is 90.7 Å². The third kappa shape index (κ3) is 5.61. The maximum Gasteiger partial charge on any atom is 0.276 e. The molecule has 7 nitrogen and oxygen atoms in total. The Morgan fingerprint density at radius 1 is 1.18 bits per heavy atom. The number of hydrogen-bond donors (Lipinski definition) is 1. The third-order valence-corrected chi connectivity index (χ3v) is 4.41. The molecule has 0 aromatic heterocycles. The number of rotatable bonds is 8. The molecule has 0 fully saturated rings. The first-order valence-electron chi connectivity index (χ1n) is 8.16. The number of carbonyl (C=O) groups excluding carboxylic acids is 1. The van der Waals surface area contributed by atoms with Crippen molar-refractivity contribution in [3.63, 3.8) is 0 Å². The SMILES string of the molecule is COc1cc(CCNC(=O)/C=C/c2ccc(Cl)cc2Cl)c([N+](=O)[O-])cc1OC. The third-order valence-electron chi connectivity index (χ3n) is 3.85. The first kappa shape index (κ1) is 21.5. The van der Waals surface area contributed by atoms with Gasteiger partial charge in [-0.3, -0.25) is 14.9 Å². The van der Waals surface area contributed by atoms with Gasteiger partial charge < -0.3 is 14.8 Å². The molecule has 2 aromatic rings. The monoisotopic (exact) mass is 424 g/mol. The first-order chi connectivity index (χ1) is 13.3. The summed E-state index contributed by atoms with van der Waals surface area (Å²) in [4.78, 5) is 22.8. The number of halogens is 2. The average Bonchev–Trinajstić information content (AvgIpc) is 2.66. The van der Waals surface area contributed by atoms with Crippen LogP contribution in [0.1, 0.15) is 11.1 Å². The van der Waals surface area contributed by atoms with Crippen LogP contribution in [0.3, 0.4) is 0 Å². The maximum atomic E-state index is 12.0. The Morgan fingerprint density at radius 3 is 2.46 bits per heavy atom. The molecule has 2 rings (SSSR count). The zero-order chi connectivity index (χ0) is 20.7. The van der Waals surface area contributed by atoms with Crippen LogP contribution in [0.25, 0.3) is 6.08 Å². The lowest BCUT2D eigenvalue weighted by Gasteiger charge is -2.10. The minimum absolute atomic E-state index is 0.101. The smallest absolute Gasteiger partial charge is 0.276 e. The van der Waals surface area contributed by atoms with Crippen LogP contribution in [0, 0.1) is 10.1 Å². The van der Waals surface area contributed by atoms with Crippen LogP contribution >= 0.6 is 23.2 Å². The number of methoxy groups -OCH3 is 2. The molecule has 2 aromatic carbocycles. The number of nitro groups is 1. The number of nitro benzene ring substituents is 1. The Labute approximate surface area is 172 Å². The molecule has 0 atom stereocenters. The van der Waals surface area contributed by atoms with E-state index in [1.165, 1.54) is 32.4 Å². The number of benzene rings is 2. The molecule has 1 amide bonds. The predicted octanol–water partition coefficient (Wildman–Crippen LogP) is 4.29. The van der Waals surface area contributed by atoms with Gasteiger partial charge in [-0.1, -0.05) is 29.3 Å². The van der Waals surface area contributed by atoms with Crippen molar-refractivity contribution in [1.82, 2.24) is 5.32 Å². The predicted molar refractivity (Wildman–Crippen MR) is 108 cm³/mol. The van der Waals surface area contributed by atoms with Gasteiger partial charge in [0.05, 0.1) is 25.2 Å². The van der Waals surface area contributed by atoms with Gasteiger partial charge in [-0.15, -0.1) is 0 Å². The summed E-state index contributed by atoms with van der Waals surface area (Å²) in [5, 5.41) is 14.9. The van der Waals surface area contributed by atoms with Crippen molar-refractivity contribution in [3.05, 3.63) is 67.7 Å². The second kappa shape index (κ2) is 9.96. The van der Waals surface area contributed by atoms with Crippen molar-refractivity contribution in [2.24, 2.45) is 0 Å². The summed E-state index contributed by atoms with van der Waals surface area (Å²) in [6.45, 7) is 0.202. The normalized spacial score (nSPS) is 10.7. The quantitative estimate of drug-likeness (QED) is 0.387. The fourth-order valence-electron chi connectivity index (χ4n) is 2.46. The van der Waals surface area contributed by atoms with Gasteiger partial charge in [-0.2, -0.15) is 0 Å². The van der Waals surface area contributed by atoms with E-state index in [4.69, 9.17) is 32.7 Å². The van der Waals surface area contributed by atoms with Gasteiger partial charge in [0.1, 0.15) is 0 Å². The Kier molecular flexibility index (Phi) is 7.66. The highest BCUT2D eigenvalue weighted by molar-refractivity contribution is 6.35. The number of nitrogens with one attached hydrogen (secondary N) is 1. The van der Waals surface area contributed by atoms with E-state index in [0.717, 1.165) is 0 Å². The lowest BCUT2D eigenvalue weighted by Crippen LogP contribution is -2.23. The highest BCUT2D eigenvalue weighted by atomic mass is 35.5. The molecule has 0 aliphatic carbocycles. The molecule has 0 radical (unpaired) electrons. The molecule has 9 heteroatoms. The summed E-state index contributed by atoms with van der Waals surface area (Å²) >= 11 is 11.9. The van der Waals surface area contributed by atoms with E-state index in [9.17, 15) is 14.9 Å². The van der Waals surface area contributed by atoms with Crippen molar-refractivity contribution in [1.29, 1.82) is 0 Å². The molecule has 0 spiro atoms. The van der Waals surface area contributed by atoms with Crippen molar-refractivity contribution in [2.45, 2.75) is 6.42 Å². The minimum Gasteiger partial charge on any atom is -0.493 e. The molecule has 0 saturated carbocycles. The second-order valence-electron chi connectivity index (χ2n) is 5.63. The second-order valence-corrected chi connectivity index (χ2v) is 6.48. The van der Waals surface area contributed by atoms with Crippen molar-refractivity contribution < 1.29 is 19.2 Å². The molecule has 0 aliphatic rings. The lowest BCUT2D eigenvalue weighted by atomic mass is 10.1. The largest absolute Gasteiger partial charge is 0.493 e. The molecule has 28 heavy (non-hydrogen) atoms. The van der Waals surface area contributed by atoms with Gasteiger partial charge >= 0.3 is 0 Å². The van der Waals surface area contributed by atoms with Gasteiger partial charge in [0.25, 0.3) is 5.69 Å². The minimum atomic E-state index is -0.498. The molecule has 0 bridgehead atoms. The summed E-state index contributed by atoms with van der Waals surface area (Å²) in [6.07, 6.45) is 3.14. The first-order valence-corrected chi connectivity index (χ1v) is 8.91. The number of nitrogens with zero attached hydrogens (tertiary/aromatic N) is 1. The van der Waals surface area contributed by atoms with E-state index in [2.05, 4.69) is 5.32 Å². The van der Waals surface area contributed by atoms with Crippen LogP contribution in [0.4, 0.5) is 5.69 Å². The van der Waals surface area contributed by atoms with Crippen LogP contribution in [0.15, 0.2) is 36.4 Å². The summed E-state index contributed by atoms with van der Waals surface area (Å²) in [5.41, 5.74) is 0.972. The van der Waals surface area contributed by atoms with Crippen LogP contribution in [0.2, 0.25) is 10.0 Å². The number of hydrogen-bond acceptors (Lipinski definition) is 5. The van der Waals surface area contributed by atoms with Crippen molar-refractivity contribution in [3.8, 4) is 11.5 Å². The highest BCUT2D eigenvalue weighted by Gasteiger charge is 2.19. The summed E-state index contributed by atoms with van der Waals surface area (Å²) in [6, 6.07) is 7.78. The summed E-state index contributed by atoms with van der Waals surface area (Å²) in [5.74, 6) is 0.297. The number of ether oxygens (including phenoxy) is 2. The van der Waals surface area contributed by atoms with Crippen molar-refractivity contribution >= 4 is 40.9 Å². The summed E-state index contributed by atoms with van der Waals surface area (Å²) < 4.78 is 10.3. The lowest BCUT2D eigenvalue weighted by molar-refractivity contribution is -0.385. The number of amides is 1. The standard InChI is InChI=1S/C19H18Cl2N2O5/c1-27-17-9-13(16(23(25)26)11-18(17)28-2)7-8-22-19(24)6-4-12-3-5-14(20)10-15(12)21/h3-6,9-11H,7-8H2,1-2H3,(H,22,24)/b6-4+. The molecular formula is C19H18Cl2N2O5. The van der Waals surface area contributed by atoms with Crippen LogP contribution in [-0.4, -0.2) is 31.6 Å². The molecule has 0 aliphatic heterocycles. The van der Waals surface area contributed by atoms with Gasteiger partial charge in [0, 0.05) is 28.2 Å². The van der Waals surface area contributed by atoms with Gasteiger partial charge in [0.2, 0.25) is 5.91 Å². The molecular weight excluding hydrogens is 407 g/mol. The molecule has 1 N–H and O–H groups in total. The fraction of sp³-hybridized carbons (Fsp3) is 0.211. The Bertz CT molecular complexity index is 915. The van der Waals surface area contributed by atoms with Crippen LogP contribution in [-0.2, 0) is 11.2 Å². The zero-order valence-corrected chi connectivity index (χ0v) is 16.7. The van der Waals surface area contributed by atoms with E-state index in [0.29, 0.717) is 26.9 Å². The Hall–Kier alpha value is -2.77. The van der Waals surface area contributed by atoms with E-state index in [1.54, 1.807) is 24.3 Å².